The number of hydrogen-bond acceptors (Lipinski definition) is 8. The van der Waals surface area contributed by atoms with Gasteiger partial charge in [-0.25, -0.2) is 0 Å². The molecular weight excluding hydrogens is 608 g/mol. The SMILES string of the molecule is BC(B)(B)Oc1c(Oc2ccc(OC(F)(F)F)c(OC)c2C(=O)Nc2cc(C(N)=O)ncc2C)ccc(OC(F)(F)F)c1F. The fraction of sp³-hybridized carbons (Fsp3) is 0.208. The highest BCUT2D eigenvalue weighted by Gasteiger charge is 2.36. The molecule has 44 heavy (non-hydrogen) atoms. The Bertz CT molecular complexity index is 1580. The van der Waals surface area contributed by atoms with Crippen molar-refractivity contribution in [1.82, 2.24) is 4.98 Å². The highest BCUT2D eigenvalue weighted by molar-refractivity contribution is 6.58. The van der Waals surface area contributed by atoms with Gasteiger partial charge in [-0.3, -0.25) is 14.6 Å². The number of halogens is 7. The number of rotatable bonds is 10. The molecule has 1 aromatic heterocycles. The summed E-state index contributed by atoms with van der Waals surface area (Å²) in [7, 11) is 5.24. The summed E-state index contributed by atoms with van der Waals surface area (Å²) in [5.74, 6) is -8.84. The molecule has 0 fully saturated rings. The number of carbonyl (C=O) groups excluding carboxylic acids is 2. The zero-order valence-corrected chi connectivity index (χ0v) is 23.5. The first-order chi connectivity index (χ1) is 20.2. The summed E-state index contributed by atoms with van der Waals surface area (Å²) in [5, 5.41) is 1.16. The number of anilines is 1. The Morgan fingerprint density at radius 2 is 1.41 bits per heavy atom. The summed E-state index contributed by atoms with van der Waals surface area (Å²) in [6.07, 6.45) is -9.31. The minimum Gasteiger partial charge on any atom is -0.508 e. The van der Waals surface area contributed by atoms with E-state index in [2.05, 4.69) is 19.8 Å². The first-order valence-corrected chi connectivity index (χ1v) is 12.2. The van der Waals surface area contributed by atoms with Crippen LogP contribution in [0.15, 0.2) is 36.5 Å². The lowest BCUT2D eigenvalue weighted by atomic mass is 9.52. The van der Waals surface area contributed by atoms with Gasteiger partial charge in [-0.2, -0.15) is 4.39 Å². The van der Waals surface area contributed by atoms with Gasteiger partial charge in [0.2, 0.25) is 5.82 Å². The summed E-state index contributed by atoms with van der Waals surface area (Å²) >= 11 is 0. The highest BCUT2D eigenvalue weighted by atomic mass is 19.4. The zero-order chi connectivity index (χ0) is 33.2. The van der Waals surface area contributed by atoms with E-state index in [1.807, 2.05) is 0 Å². The maximum Gasteiger partial charge on any atom is 0.573 e. The maximum absolute atomic E-state index is 15.3. The lowest BCUT2D eigenvalue weighted by Crippen LogP contribution is -2.38. The Morgan fingerprint density at radius 3 is 1.95 bits per heavy atom. The summed E-state index contributed by atoms with van der Waals surface area (Å²) in [6, 6.07) is 4.06. The summed E-state index contributed by atoms with van der Waals surface area (Å²) < 4.78 is 117. The fourth-order valence-corrected chi connectivity index (χ4v) is 3.56. The second-order valence-electron chi connectivity index (χ2n) is 9.79. The first-order valence-electron chi connectivity index (χ1n) is 12.2. The van der Waals surface area contributed by atoms with Gasteiger partial charge in [0.05, 0.1) is 7.11 Å². The Labute approximate surface area is 247 Å². The number of methoxy groups -OCH3 is 1. The Morgan fingerprint density at radius 1 is 0.864 bits per heavy atom. The van der Waals surface area contributed by atoms with Crippen LogP contribution in [0.4, 0.5) is 36.4 Å². The first kappa shape index (κ1) is 33.7. The third-order valence-electron chi connectivity index (χ3n) is 5.22. The lowest BCUT2D eigenvalue weighted by molar-refractivity contribution is -0.276. The summed E-state index contributed by atoms with van der Waals surface area (Å²) in [5.41, 5.74) is 4.50. The average molecular weight is 629 g/mol. The van der Waals surface area contributed by atoms with Crippen LogP contribution in [0.1, 0.15) is 26.4 Å². The van der Waals surface area contributed by atoms with Crippen LogP contribution in [0.2, 0.25) is 0 Å². The van der Waals surface area contributed by atoms with E-state index >= 15 is 4.39 Å². The van der Waals surface area contributed by atoms with E-state index in [-0.39, 0.29) is 11.4 Å². The molecule has 0 aliphatic heterocycles. The van der Waals surface area contributed by atoms with E-state index in [1.54, 1.807) is 0 Å². The van der Waals surface area contributed by atoms with Gasteiger partial charge < -0.3 is 34.7 Å². The smallest absolute Gasteiger partial charge is 0.508 e. The van der Waals surface area contributed by atoms with Crippen LogP contribution in [0.25, 0.3) is 0 Å². The number of aromatic nitrogens is 1. The largest absolute Gasteiger partial charge is 0.573 e. The van der Waals surface area contributed by atoms with Gasteiger partial charge in [0.1, 0.15) is 40.5 Å². The van der Waals surface area contributed by atoms with Gasteiger partial charge in [-0.15, -0.1) is 26.3 Å². The molecule has 3 aromatic rings. The van der Waals surface area contributed by atoms with Crippen LogP contribution < -0.4 is 34.7 Å². The molecule has 20 heteroatoms. The minimum atomic E-state index is -5.27. The van der Waals surface area contributed by atoms with Crippen molar-refractivity contribution in [3.05, 3.63) is 59.2 Å². The van der Waals surface area contributed by atoms with Crippen LogP contribution in [0.3, 0.4) is 0 Å². The number of ether oxygens (including phenoxy) is 5. The van der Waals surface area contributed by atoms with E-state index in [1.165, 1.54) is 36.7 Å². The van der Waals surface area contributed by atoms with Crippen molar-refractivity contribution in [2.75, 3.05) is 12.4 Å². The Kier molecular flexibility index (Phi) is 9.55. The molecule has 0 saturated heterocycles. The summed E-state index contributed by atoms with van der Waals surface area (Å²) in [4.78, 5) is 28.9. The monoisotopic (exact) mass is 629 g/mol. The van der Waals surface area contributed by atoms with Gasteiger partial charge in [-0.1, -0.05) is 0 Å². The molecule has 10 nitrogen and oxygen atoms in total. The van der Waals surface area contributed by atoms with E-state index < -0.39 is 75.7 Å². The van der Waals surface area contributed by atoms with E-state index in [4.69, 9.17) is 19.9 Å². The number of pyridine rings is 1. The molecule has 3 rings (SSSR count). The molecule has 0 unspecified atom stereocenters. The van der Waals surface area contributed by atoms with Crippen LogP contribution in [0, 0.1) is 12.7 Å². The topological polar surface area (TPSA) is 131 Å². The third-order valence-corrected chi connectivity index (χ3v) is 5.22. The van der Waals surface area contributed by atoms with E-state index in [9.17, 15) is 35.9 Å². The normalized spacial score (nSPS) is 11.8. The number of amides is 2. The van der Waals surface area contributed by atoms with Gasteiger partial charge in [0.25, 0.3) is 11.8 Å². The number of carbonyl (C=O) groups is 2. The van der Waals surface area contributed by atoms with Crippen molar-refractivity contribution in [2.24, 2.45) is 5.73 Å². The second-order valence-corrected chi connectivity index (χ2v) is 9.79. The van der Waals surface area contributed by atoms with Gasteiger partial charge >= 0.3 is 12.7 Å². The number of alkyl halides is 6. The van der Waals surface area contributed by atoms with Crippen LogP contribution in [-0.2, 0) is 0 Å². The molecule has 232 valence electrons. The van der Waals surface area contributed by atoms with Crippen molar-refractivity contribution in [1.29, 1.82) is 0 Å². The molecule has 2 aromatic carbocycles. The zero-order valence-electron chi connectivity index (χ0n) is 23.5. The number of aryl methyl sites for hydroxylation is 1. The molecule has 0 spiro atoms. The van der Waals surface area contributed by atoms with Crippen molar-refractivity contribution in [2.45, 2.75) is 24.9 Å². The summed E-state index contributed by atoms with van der Waals surface area (Å²) in [6.45, 7) is 1.48. The molecule has 1 heterocycles. The van der Waals surface area contributed by atoms with E-state index in [0.717, 1.165) is 31.4 Å². The predicted octanol–water partition coefficient (Wildman–Crippen LogP) is 2.37. The molecule has 0 aliphatic rings. The minimum absolute atomic E-state index is 0.0367. The van der Waals surface area contributed by atoms with Crippen molar-refractivity contribution in [3.8, 4) is 34.5 Å². The molecule has 0 radical (unpaired) electrons. The highest BCUT2D eigenvalue weighted by Crippen LogP contribution is 2.45. The maximum atomic E-state index is 15.3. The van der Waals surface area contributed by atoms with Gasteiger partial charge in [-0.05, 0) is 42.8 Å². The molecule has 0 bridgehead atoms. The molecule has 0 aliphatic carbocycles. The molecule has 3 N–H and O–H groups in total. The lowest BCUT2D eigenvalue weighted by Gasteiger charge is -2.25. The quantitative estimate of drug-likeness (QED) is 0.259. The fourth-order valence-electron chi connectivity index (χ4n) is 3.56. The molecule has 0 saturated carbocycles. The standard InChI is InChI=1S/C24H21B3F7N3O7/c1-9-8-36-11(20(35)38)7-10(9)37-21(39)16-12(3-6-15(18(16)40-2)43-24(32,33)34)41-14-5-4-13(42-23(29,30)31)17(28)19(14)44-22(25,26)27/h3-8H,25-27H2,1-2H3,(H2,35,38)(H,36,37,39). The van der Waals surface area contributed by atoms with Gasteiger partial charge in [0.15, 0.2) is 28.7 Å². The predicted molar refractivity (Wildman–Crippen MR) is 147 cm³/mol. The molecule has 0 atom stereocenters. The second kappa shape index (κ2) is 12.5. The number of nitrogens with zero attached hydrogens (tertiary/aromatic N) is 1. The number of nitrogens with one attached hydrogen (secondary N) is 1. The van der Waals surface area contributed by atoms with Crippen LogP contribution in [0.5, 0.6) is 34.5 Å². The van der Waals surface area contributed by atoms with Crippen molar-refractivity contribution < 1.29 is 64.0 Å². The molecular formula is C24H21B3F7N3O7. The van der Waals surface area contributed by atoms with Gasteiger partial charge in [0, 0.05) is 17.2 Å². The third kappa shape index (κ3) is 8.64. The Hall–Kier alpha value is -4.77. The van der Waals surface area contributed by atoms with Crippen LogP contribution >= 0.6 is 0 Å². The number of primary amides is 1. The average Bonchev–Trinajstić information content (AvgIpc) is 2.87. The van der Waals surface area contributed by atoms with E-state index in [0.29, 0.717) is 11.6 Å². The van der Waals surface area contributed by atoms with Crippen molar-refractivity contribution >= 4 is 41.0 Å². The van der Waals surface area contributed by atoms with Crippen LogP contribution in [-0.4, -0.2) is 65.5 Å². The molecule has 2 amide bonds. The number of nitrogens with two attached hydrogens (primary N) is 1. The number of hydrogen-bond donors (Lipinski definition) is 2. The Balaban J connectivity index is 2.22. The van der Waals surface area contributed by atoms with Crippen molar-refractivity contribution in [3.63, 3.8) is 0 Å². The number of benzene rings is 2.